The molecule has 1 saturated heterocycles. The Bertz CT molecular complexity index is 492. The van der Waals surface area contributed by atoms with Gasteiger partial charge < -0.3 is 20.3 Å². The third-order valence-electron chi connectivity index (χ3n) is 4.62. The molecule has 0 saturated carbocycles. The van der Waals surface area contributed by atoms with Crippen molar-refractivity contribution >= 4 is 29.9 Å². The molecule has 0 radical (unpaired) electrons. The van der Waals surface area contributed by atoms with Crippen molar-refractivity contribution in [2.24, 2.45) is 4.99 Å². The van der Waals surface area contributed by atoms with Crippen LogP contribution < -0.4 is 10.6 Å². The topological polar surface area (TPSA) is 48.9 Å². The molecule has 0 aromatic heterocycles. The summed E-state index contributed by atoms with van der Waals surface area (Å²) in [5.74, 6) is 0.887. The maximum atomic E-state index is 5.89. The molecular weight excluding hydrogens is 439 g/mol. The lowest BCUT2D eigenvalue weighted by Gasteiger charge is -2.16. The molecule has 1 aliphatic heterocycles. The van der Waals surface area contributed by atoms with Crippen molar-refractivity contribution in [3.8, 4) is 0 Å². The van der Waals surface area contributed by atoms with E-state index in [9.17, 15) is 0 Å². The van der Waals surface area contributed by atoms with Crippen LogP contribution >= 0.6 is 24.0 Å². The number of hydrogen-bond donors (Lipinski definition) is 2. The Morgan fingerprint density at radius 1 is 1.12 bits per heavy atom. The largest absolute Gasteiger partial charge is 0.374 e. The summed E-state index contributed by atoms with van der Waals surface area (Å²) in [7, 11) is 1.82. The Labute approximate surface area is 176 Å². The average Bonchev–Trinajstić information content (AvgIpc) is 3.17. The van der Waals surface area contributed by atoms with Gasteiger partial charge >= 0.3 is 0 Å². The highest BCUT2D eigenvalue weighted by Crippen LogP contribution is 2.15. The van der Waals surface area contributed by atoms with E-state index in [-0.39, 0.29) is 30.1 Å². The molecule has 1 aliphatic rings. The predicted molar refractivity (Wildman–Crippen MR) is 120 cm³/mol. The van der Waals surface area contributed by atoms with Crippen LogP contribution in [0, 0.1) is 0 Å². The Kier molecular flexibility index (Phi) is 12.7. The first kappa shape index (κ1) is 23.2. The highest BCUT2D eigenvalue weighted by atomic mass is 127. The van der Waals surface area contributed by atoms with Crippen LogP contribution in [0.2, 0.25) is 0 Å². The third-order valence-corrected chi connectivity index (χ3v) is 4.62. The molecule has 0 spiro atoms. The third kappa shape index (κ3) is 9.19. The van der Waals surface area contributed by atoms with Crippen molar-refractivity contribution in [1.82, 2.24) is 15.5 Å². The molecule has 26 heavy (non-hydrogen) atoms. The minimum Gasteiger partial charge on any atom is -0.374 e. The first-order valence-electron chi connectivity index (χ1n) is 9.63. The first-order valence-corrected chi connectivity index (χ1v) is 9.63. The van der Waals surface area contributed by atoms with Crippen molar-refractivity contribution in [2.75, 3.05) is 46.4 Å². The molecule has 1 aromatic rings. The van der Waals surface area contributed by atoms with E-state index < -0.39 is 0 Å². The molecule has 1 heterocycles. The molecular formula is C20H35IN4O. The van der Waals surface area contributed by atoms with Crippen LogP contribution in [0.1, 0.15) is 44.3 Å². The van der Waals surface area contributed by atoms with Crippen molar-refractivity contribution in [1.29, 1.82) is 0 Å². The normalized spacial score (nSPS) is 16.2. The van der Waals surface area contributed by atoms with Crippen LogP contribution in [0.3, 0.4) is 0 Å². The average molecular weight is 474 g/mol. The lowest BCUT2D eigenvalue weighted by molar-refractivity contribution is 0.0646. The van der Waals surface area contributed by atoms with Crippen LogP contribution in [0.15, 0.2) is 35.3 Å². The number of benzene rings is 1. The highest BCUT2D eigenvalue weighted by molar-refractivity contribution is 14.0. The van der Waals surface area contributed by atoms with Gasteiger partial charge in [0.15, 0.2) is 5.96 Å². The van der Waals surface area contributed by atoms with E-state index in [1.54, 1.807) is 0 Å². The highest BCUT2D eigenvalue weighted by Gasteiger charge is 2.10. The van der Waals surface area contributed by atoms with Gasteiger partial charge in [0, 0.05) is 26.7 Å². The summed E-state index contributed by atoms with van der Waals surface area (Å²) in [6, 6.07) is 10.4. The summed E-state index contributed by atoms with van der Waals surface area (Å²) in [4.78, 5) is 6.82. The number of hydrogen-bond acceptors (Lipinski definition) is 3. The number of aliphatic imine (C=N–C) groups is 1. The van der Waals surface area contributed by atoms with E-state index in [1.165, 1.54) is 44.5 Å². The summed E-state index contributed by atoms with van der Waals surface area (Å²) in [6.07, 6.45) is 5.00. The van der Waals surface area contributed by atoms with Crippen LogP contribution in [0.4, 0.5) is 0 Å². The lowest BCUT2D eigenvalue weighted by atomic mass is 10.1. The fraction of sp³-hybridized carbons (Fsp3) is 0.650. The van der Waals surface area contributed by atoms with E-state index >= 15 is 0 Å². The van der Waals surface area contributed by atoms with Crippen molar-refractivity contribution in [2.45, 2.75) is 38.7 Å². The number of likely N-dealkylation sites (tertiary alicyclic amines) is 1. The van der Waals surface area contributed by atoms with Gasteiger partial charge in [0.05, 0.1) is 6.10 Å². The molecule has 6 heteroatoms. The fourth-order valence-electron chi connectivity index (χ4n) is 3.10. The summed E-state index contributed by atoms with van der Waals surface area (Å²) in [5.41, 5.74) is 1.23. The minimum atomic E-state index is 0. The standard InChI is InChI=1S/C20H34N4O.HI/c1-18(19-10-4-3-5-11-19)25-17-9-13-23-20(21-2)22-12-8-16-24-14-6-7-15-24;/h3-5,10-11,18H,6-9,12-17H2,1-2H3,(H2,21,22,23);1H. The van der Waals surface area contributed by atoms with Crippen molar-refractivity contribution < 1.29 is 4.74 Å². The molecule has 1 aromatic carbocycles. The number of rotatable bonds is 10. The van der Waals surface area contributed by atoms with Gasteiger partial charge in [-0.25, -0.2) is 0 Å². The monoisotopic (exact) mass is 474 g/mol. The maximum Gasteiger partial charge on any atom is 0.190 e. The summed E-state index contributed by atoms with van der Waals surface area (Å²) < 4.78 is 5.89. The molecule has 0 amide bonds. The summed E-state index contributed by atoms with van der Waals surface area (Å²) in [5, 5.41) is 6.75. The van der Waals surface area contributed by atoms with Crippen LogP contribution in [-0.4, -0.2) is 57.2 Å². The molecule has 0 bridgehead atoms. The Morgan fingerprint density at radius 2 is 1.77 bits per heavy atom. The van der Waals surface area contributed by atoms with Crippen LogP contribution in [-0.2, 0) is 4.74 Å². The molecule has 5 nitrogen and oxygen atoms in total. The van der Waals surface area contributed by atoms with Gasteiger partial charge in [-0.1, -0.05) is 30.3 Å². The smallest absolute Gasteiger partial charge is 0.190 e. The molecule has 148 valence electrons. The van der Waals surface area contributed by atoms with Gasteiger partial charge in [0.1, 0.15) is 0 Å². The SMILES string of the molecule is CN=C(NCCCOC(C)c1ccccc1)NCCCN1CCCC1.I. The number of guanidine groups is 1. The number of nitrogens with one attached hydrogen (secondary N) is 2. The second kappa shape index (κ2) is 14.2. The molecule has 1 unspecified atom stereocenters. The fourth-order valence-corrected chi connectivity index (χ4v) is 3.10. The Hall–Kier alpha value is -0.860. The second-order valence-corrected chi connectivity index (χ2v) is 6.61. The number of ether oxygens (including phenoxy) is 1. The zero-order chi connectivity index (χ0) is 17.7. The zero-order valence-corrected chi connectivity index (χ0v) is 18.6. The van der Waals surface area contributed by atoms with E-state index in [0.29, 0.717) is 0 Å². The predicted octanol–water partition coefficient (Wildman–Crippen LogP) is 3.42. The minimum absolute atomic E-state index is 0. The second-order valence-electron chi connectivity index (χ2n) is 6.61. The van der Waals surface area contributed by atoms with E-state index in [2.05, 4.69) is 51.7 Å². The van der Waals surface area contributed by atoms with E-state index in [4.69, 9.17) is 4.74 Å². The van der Waals surface area contributed by atoms with Gasteiger partial charge in [0.2, 0.25) is 0 Å². The number of halogens is 1. The summed E-state index contributed by atoms with van der Waals surface area (Å²) in [6.45, 7) is 8.42. The Balaban J connectivity index is 0.00000338. The number of nitrogens with zero attached hydrogens (tertiary/aromatic N) is 2. The van der Waals surface area contributed by atoms with E-state index in [1.807, 2.05) is 13.1 Å². The lowest BCUT2D eigenvalue weighted by Crippen LogP contribution is -2.39. The van der Waals surface area contributed by atoms with Gasteiger partial charge in [-0.3, -0.25) is 4.99 Å². The van der Waals surface area contributed by atoms with Gasteiger partial charge in [-0.2, -0.15) is 0 Å². The van der Waals surface area contributed by atoms with Crippen molar-refractivity contribution in [3.05, 3.63) is 35.9 Å². The van der Waals surface area contributed by atoms with Crippen molar-refractivity contribution in [3.63, 3.8) is 0 Å². The zero-order valence-electron chi connectivity index (χ0n) is 16.2. The first-order chi connectivity index (χ1) is 12.3. The quantitative estimate of drug-likeness (QED) is 0.236. The molecule has 1 fully saturated rings. The Morgan fingerprint density at radius 3 is 2.42 bits per heavy atom. The van der Waals surface area contributed by atoms with E-state index in [0.717, 1.165) is 32.1 Å². The molecule has 0 aliphatic carbocycles. The molecule has 1 atom stereocenters. The summed E-state index contributed by atoms with van der Waals surface area (Å²) >= 11 is 0. The molecule has 2 N–H and O–H groups in total. The molecule has 2 rings (SSSR count). The maximum absolute atomic E-state index is 5.89. The van der Waals surface area contributed by atoms with Crippen LogP contribution in [0.5, 0.6) is 0 Å². The van der Waals surface area contributed by atoms with Gasteiger partial charge in [-0.15, -0.1) is 24.0 Å². The van der Waals surface area contributed by atoms with Gasteiger partial charge in [-0.05, 0) is 57.8 Å². The van der Waals surface area contributed by atoms with Crippen LogP contribution in [0.25, 0.3) is 0 Å². The van der Waals surface area contributed by atoms with Gasteiger partial charge in [0.25, 0.3) is 0 Å².